The second-order valence-corrected chi connectivity index (χ2v) is 9.47. The molecule has 27 heavy (non-hydrogen) atoms. The van der Waals surface area contributed by atoms with E-state index >= 15 is 0 Å². The average Bonchev–Trinajstić information content (AvgIpc) is 2.54. The van der Waals surface area contributed by atoms with E-state index < -0.39 is 7.82 Å². The standard InChI is InChI=1S/C19H39N2O5P/c1-18(2)19(22)20-14-10-8-6-7-9-12-16-25-27(23,24)26-17-13-11-15-21(3,4)5/h1,6-17H2,2-5H3,(H-,20,22,23,24)/p+1. The molecule has 0 aliphatic heterocycles. The number of carbonyl (C=O) groups is 1. The monoisotopic (exact) mass is 407 g/mol. The van der Waals surface area contributed by atoms with Gasteiger partial charge < -0.3 is 14.7 Å². The van der Waals surface area contributed by atoms with E-state index in [0.717, 1.165) is 62.4 Å². The summed E-state index contributed by atoms with van der Waals surface area (Å²) in [6, 6.07) is 0. The SMILES string of the molecule is C=C(C)C(=O)NCCCCCCCCOP(=O)(O)OCCCC[N+](C)(C)C. The fourth-order valence-corrected chi connectivity index (χ4v) is 3.17. The topological polar surface area (TPSA) is 84.9 Å². The number of rotatable bonds is 17. The zero-order valence-corrected chi connectivity index (χ0v) is 18.6. The maximum atomic E-state index is 11.8. The molecule has 8 heteroatoms. The van der Waals surface area contributed by atoms with Gasteiger partial charge in [-0.15, -0.1) is 0 Å². The predicted molar refractivity (Wildman–Crippen MR) is 109 cm³/mol. The molecule has 0 bridgehead atoms. The molecule has 0 saturated carbocycles. The van der Waals surface area contributed by atoms with Crippen LogP contribution in [0.2, 0.25) is 0 Å². The number of quaternary nitrogens is 1. The molecule has 2 N–H and O–H groups in total. The Morgan fingerprint density at radius 3 is 1.96 bits per heavy atom. The minimum atomic E-state index is -3.91. The normalized spacial score (nSPS) is 14.0. The number of carbonyl (C=O) groups excluding carboxylic acids is 1. The van der Waals surface area contributed by atoms with Crippen LogP contribution >= 0.6 is 7.82 Å². The third kappa shape index (κ3) is 18.4. The number of unbranched alkanes of at least 4 members (excludes halogenated alkanes) is 6. The highest BCUT2D eigenvalue weighted by Crippen LogP contribution is 2.43. The first-order valence-electron chi connectivity index (χ1n) is 9.89. The van der Waals surface area contributed by atoms with Crippen molar-refractivity contribution in [2.75, 3.05) is 47.4 Å². The van der Waals surface area contributed by atoms with E-state index in [1.807, 2.05) is 0 Å². The molecule has 0 radical (unpaired) electrons. The Labute approximate surface area is 165 Å². The van der Waals surface area contributed by atoms with Crippen molar-refractivity contribution in [2.45, 2.75) is 58.3 Å². The predicted octanol–water partition coefficient (Wildman–Crippen LogP) is 3.64. The molecular formula is C19H40N2O5P+. The Balaban J connectivity index is 3.48. The van der Waals surface area contributed by atoms with Crippen LogP contribution in [0, 0.1) is 0 Å². The van der Waals surface area contributed by atoms with E-state index in [9.17, 15) is 14.3 Å². The maximum absolute atomic E-state index is 11.8. The number of phosphoric ester groups is 1. The van der Waals surface area contributed by atoms with Gasteiger partial charge in [-0.1, -0.05) is 32.3 Å². The van der Waals surface area contributed by atoms with E-state index in [1.54, 1.807) is 6.92 Å². The molecule has 0 aromatic carbocycles. The van der Waals surface area contributed by atoms with Crippen LogP contribution < -0.4 is 5.32 Å². The van der Waals surface area contributed by atoms with Crippen LogP contribution in [0.5, 0.6) is 0 Å². The van der Waals surface area contributed by atoms with Crippen LogP contribution in [0.15, 0.2) is 12.2 Å². The highest BCUT2D eigenvalue weighted by molar-refractivity contribution is 7.47. The van der Waals surface area contributed by atoms with Crippen molar-refractivity contribution in [3.05, 3.63) is 12.2 Å². The summed E-state index contributed by atoms with van der Waals surface area (Å²) in [6.45, 7) is 7.44. The van der Waals surface area contributed by atoms with Crippen molar-refractivity contribution >= 4 is 13.7 Å². The molecule has 0 spiro atoms. The van der Waals surface area contributed by atoms with Gasteiger partial charge in [-0.25, -0.2) is 4.57 Å². The van der Waals surface area contributed by atoms with Crippen molar-refractivity contribution in [1.82, 2.24) is 5.32 Å². The van der Waals surface area contributed by atoms with E-state index in [1.165, 1.54) is 0 Å². The molecule has 160 valence electrons. The lowest BCUT2D eigenvalue weighted by Crippen LogP contribution is -2.35. The highest BCUT2D eigenvalue weighted by atomic mass is 31.2. The highest BCUT2D eigenvalue weighted by Gasteiger charge is 2.20. The van der Waals surface area contributed by atoms with Crippen molar-refractivity contribution in [2.24, 2.45) is 0 Å². The van der Waals surface area contributed by atoms with Gasteiger partial charge in [0.05, 0.1) is 40.9 Å². The lowest BCUT2D eigenvalue weighted by atomic mass is 10.1. The van der Waals surface area contributed by atoms with Gasteiger partial charge in [-0.3, -0.25) is 13.8 Å². The van der Waals surface area contributed by atoms with Gasteiger partial charge >= 0.3 is 7.82 Å². The van der Waals surface area contributed by atoms with Gasteiger partial charge in [0.1, 0.15) is 0 Å². The van der Waals surface area contributed by atoms with Crippen LogP contribution in [-0.4, -0.2) is 62.7 Å². The van der Waals surface area contributed by atoms with E-state index in [2.05, 4.69) is 33.0 Å². The second-order valence-electron chi connectivity index (χ2n) is 8.01. The first-order chi connectivity index (χ1) is 12.5. The van der Waals surface area contributed by atoms with Crippen LogP contribution in [0.4, 0.5) is 0 Å². The van der Waals surface area contributed by atoms with E-state index in [0.29, 0.717) is 12.1 Å². The number of hydrogen-bond acceptors (Lipinski definition) is 4. The van der Waals surface area contributed by atoms with Crippen LogP contribution in [0.1, 0.15) is 58.3 Å². The zero-order chi connectivity index (χ0) is 20.8. The Morgan fingerprint density at radius 2 is 1.44 bits per heavy atom. The third-order valence-electron chi connectivity index (χ3n) is 3.98. The van der Waals surface area contributed by atoms with Gasteiger partial charge in [0.25, 0.3) is 0 Å². The molecule has 0 aliphatic rings. The molecule has 0 rings (SSSR count). The molecule has 1 unspecified atom stereocenters. The molecule has 7 nitrogen and oxygen atoms in total. The molecule has 0 fully saturated rings. The summed E-state index contributed by atoms with van der Waals surface area (Å²) < 4.78 is 22.6. The van der Waals surface area contributed by atoms with Gasteiger partial charge in [0, 0.05) is 12.1 Å². The fraction of sp³-hybridized carbons (Fsp3) is 0.842. The number of amides is 1. The Morgan fingerprint density at radius 1 is 0.963 bits per heavy atom. The van der Waals surface area contributed by atoms with Crippen LogP contribution in [-0.2, 0) is 18.4 Å². The quantitative estimate of drug-likeness (QED) is 0.166. The van der Waals surface area contributed by atoms with E-state index in [4.69, 9.17) is 9.05 Å². The number of nitrogens with zero attached hydrogens (tertiary/aromatic N) is 1. The summed E-state index contributed by atoms with van der Waals surface area (Å²) in [7, 11) is 2.43. The fourth-order valence-electron chi connectivity index (χ4n) is 2.37. The Kier molecular flexibility index (Phi) is 13.9. The summed E-state index contributed by atoms with van der Waals surface area (Å²) in [5.74, 6) is -0.0869. The Hall–Kier alpha value is -0.720. The van der Waals surface area contributed by atoms with Gasteiger partial charge in [-0.2, -0.15) is 0 Å². The summed E-state index contributed by atoms with van der Waals surface area (Å²) >= 11 is 0. The van der Waals surface area contributed by atoms with Crippen molar-refractivity contribution in [3.8, 4) is 0 Å². The minimum absolute atomic E-state index is 0.0869. The molecule has 0 aromatic heterocycles. The largest absolute Gasteiger partial charge is 0.472 e. The second kappa shape index (κ2) is 14.3. The van der Waals surface area contributed by atoms with Gasteiger partial charge in [0.15, 0.2) is 0 Å². The van der Waals surface area contributed by atoms with Crippen molar-refractivity contribution < 1.29 is 27.8 Å². The maximum Gasteiger partial charge on any atom is 0.472 e. The zero-order valence-electron chi connectivity index (χ0n) is 17.7. The van der Waals surface area contributed by atoms with Crippen molar-refractivity contribution in [3.63, 3.8) is 0 Å². The molecule has 1 atom stereocenters. The van der Waals surface area contributed by atoms with Crippen molar-refractivity contribution in [1.29, 1.82) is 0 Å². The lowest BCUT2D eigenvalue weighted by Gasteiger charge is -2.23. The van der Waals surface area contributed by atoms with Gasteiger partial charge in [0.2, 0.25) is 5.91 Å². The number of hydrogen-bond donors (Lipinski definition) is 2. The average molecular weight is 408 g/mol. The lowest BCUT2D eigenvalue weighted by molar-refractivity contribution is -0.870. The molecule has 0 aliphatic carbocycles. The number of nitrogens with one attached hydrogen (secondary N) is 1. The van der Waals surface area contributed by atoms with Gasteiger partial charge in [-0.05, 0) is 32.6 Å². The molecule has 0 heterocycles. The summed E-state index contributed by atoms with van der Waals surface area (Å²) in [5.41, 5.74) is 0.532. The Bertz CT molecular complexity index is 477. The first kappa shape index (κ1) is 26.3. The third-order valence-corrected chi connectivity index (χ3v) is 4.99. The molecule has 1 amide bonds. The smallest absolute Gasteiger partial charge is 0.352 e. The number of phosphoric acid groups is 1. The summed E-state index contributed by atoms with van der Waals surface area (Å²) in [4.78, 5) is 20.9. The van der Waals surface area contributed by atoms with Crippen LogP contribution in [0.25, 0.3) is 0 Å². The summed E-state index contributed by atoms with van der Waals surface area (Å²) in [6.07, 6.45) is 7.48. The molecule has 0 saturated heterocycles. The minimum Gasteiger partial charge on any atom is -0.352 e. The molecule has 0 aromatic rings. The van der Waals surface area contributed by atoms with E-state index in [-0.39, 0.29) is 19.1 Å². The molecular weight excluding hydrogens is 367 g/mol. The van der Waals surface area contributed by atoms with Crippen LogP contribution in [0.3, 0.4) is 0 Å². The first-order valence-corrected chi connectivity index (χ1v) is 11.4. The summed E-state index contributed by atoms with van der Waals surface area (Å²) in [5, 5.41) is 2.81.